The molecule has 0 aliphatic heterocycles. The third kappa shape index (κ3) is 4.91. The molecule has 2 fully saturated rings. The highest BCUT2D eigenvalue weighted by atomic mass is 14.9. The van der Waals surface area contributed by atoms with Gasteiger partial charge in [0, 0.05) is 6.04 Å². The number of rotatable bonds is 7. The molecule has 2 saturated carbocycles. The van der Waals surface area contributed by atoms with E-state index >= 15 is 0 Å². The maximum Gasteiger partial charge on any atom is 0.00683 e. The third-order valence-corrected chi connectivity index (χ3v) is 5.05. The number of hydrogen-bond donors (Lipinski definition) is 1. The van der Waals surface area contributed by atoms with Crippen molar-refractivity contribution in [1.29, 1.82) is 0 Å². The Morgan fingerprint density at radius 3 is 2.39 bits per heavy atom. The van der Waals surface area contributed by atoms with Crippen LogP contribution < -0.4 is 5.32 Å². The summed E-state index contributed by atoms with van der Waals surface area (Å²) in [6, 6.07) is 0.891. The Labute approximate surface area is 114 Å². The lowest BCUT2D eigenvalue weighted by atomic mass is 9.80. The predicted molar refractivity (Wildman–Crippen MR) is 79.8 cm³/mol. The van der Waals surface area contributed by atoms with E-state index in [1.165, 1.54) is 70.8 Å². The van der Waals surface area contributed by atoms with Crippen LogP contribution in [-0.2, 0) is 0 Å². The minimum absolute atomic E-state index is 0.891. The molecule has 3 atom stereocenters. The highest BCUT2D eigenvalue weighted by molar-refractivity contribution is 4.84. The number of hydrogen-bond acceptors (Lipinski definition) is 1. The van der Waals surface area contributed by atoms with Gasteiger partial charge in [-0.25, -0.2) is 0 Å². The first kappa shape index (κ1) is 14.4. The van der Waals surface area contributed by atoms with Gasteiger partial charge < -0.3 is 5.32 Å². The molecule has 0 bridgehead atoms. The molecule has 0 aromatic rings. The molecule has 18 heavy (non-hydrogen) atoms. The smallest absolute Gasteiger partial charge is 0.00683 e. The lowest BCUT2D eigenvalue weighted by Gasteiger charge is -2.28. The van der Waals surface area contributed by atoms with Crippen LogP contribution in [0.4, 0.5) is 0 Å². The molecule has 2 aliphatic carbocycles. The molecule has 0 saturated heterocycles. The lowest BCUT2D eigenvalue weighted by molar-refractivity contribution is 0.245. The highest BCUT2D eigenvalue weighted by Gasteiger charge is 2.27. The molecule has 2 aliphatic rings. The fourth-order valence-corrected chi connectivity index (χ4v) is 3.77. The normalized spacial score (nSPS) is 31.0. The van der Waals surface area contributed by atoms with E-state index in [1.807, 2.05) is 0 Å². The van der Waals surface area contributed by atoms with Gasteiger partial charge in [-0.15, -0.1) is 0 Å². The average Bonchev–Trinajstić information content (AvgIpc) is 3.14. The Bertz CT molecular complexity index is 222. The molecule has 0 aromatic heterocycles. The van der Waals surface area contributed by atoms with E-state index in [1.54, 1.807) is 0 Å². The summed E-state index contributed by atoms with van der Waals surface area (Å²) in [6.07, 6.45) is 14.6. The highest BCUT2D eigenvalue weighted by Crippen LogP contribution is 2.34. The molecule has 1 nitrogen and oxygen atoms in total. The molecule has 1 N–H and O–H groups in total. The molecule has 0 heterocycles. The fourth-order valence-electron chi connectivity index (χ4n) is 3.77. The van der Waals surface area contributed by atoms with Crippen LogP contribution in [0.2, 0.25) is 0 Å². The Balaban J connectivity index is 1.79. The zero-order valence-corrected chi connectivity index (χ0v) is 12.6. The van der Waals surface area contributed by atoms with Gasteiger partial charge in [-0.3, -0.25) is 0 Å². The Hall–Kier alpha value is -0.0400. The SMILES string of the molecule is CCCC(C)CC1CCCCCC1CNC1CC1. The van der Waals surface area contributed by atoms with E-state index < -0.39 is 0 Å². The van der Waals surface area contributed by atoms with Crippen LogP contribution in [0.25, 0.3) is 0 Å². The molecule has 2 rings (SSSR count). The molecule has 0 amide bonds. The maximum atomic E-state index is 3.79. The van der Waals surface area contributed by atoms with Gasteiger partial charge in [0.15, 0.2) is 0 Å². The van der Waals surface area contributed by atoms with E-state index in [2.05, 4.69) is 19.2 Å². The Kier molecular flexibility index (Phi) is 6.01. The molecule has 1 heteroatoms. The lowest BCUT2D eigenvalue weighted by Crippen LogP contribution is -2.30. The van der Waals surface area contributed by atoms with Crippen molar-refractivity contribution in [3.05, 3.63) is 0 Å². The van der Waals surface area contributed by atoms with Crippen molar-refractivity contribution in [3.63, 3.8) is 0 Å². The van der Waals surface area contributed by atoms with Crippen LogP contribution in [0.5, 0.6) is 0 Å². The summed E-state index contributed by atoms with van der Waals surface area (Å²) in [5.74, 6) is 2.94. The molecule has 106 valence electrons. The zero-order chi connectivity index (χ0) is 12.8. The van der Waals surface area contributed by atoms with Crippen LogP contribution >= 0.6 is 0 Å². The summed E-state index contributed by atoms with van der Waals surface area (Å²) >= 11 is 0. The first-order chi connectivity index (χ1) is 8.79. The summed E-state index contributed by atoms with van der Waals surface area (Å²) in [6.45, 7) is 6.11. The summed E-state index contributed by atoms with van der Waals surface area (Å²) in [7, 11) is 0. The first-order valence-electron chi connectivity index (χ1n) is 8.53. The molecular weight excluding hydrogens is 218 g/mol. The van der Waals surface area contributed by atoms with Gasteiger partial charge in [-0.05, 0) is 50.0 Å². The molecule has 0 spiro atoms. The second-order valence-corrected chi connectivity index (χ2v) is 6.97. The van der Waals surface area contributed by atoms with Crippen molar-refractivity contribution in [1.82, 2.24) is 5.32 Å². The average molecular weight is 251 g/mol. The van der Waals surface area contributed by atoms with Gasteiger partial charge >= 0.3 is 0 Å². The van der Waals surface area contributed by atoms with Crippen molar-refractivity contribution >= 4 is 0 Å². The summed E-state index contributed by atoms with van der Waals surface area (Å²) < 4.78 is 0. The van der Waals surface area contributed by atoms with Crippen molar-refractivity contribution in [2.24, 2.45) is 17.8 Å². The van der Waals surface area contributed by atoms with Crippen molar-refractivity contribution < 1.29 is 0 Å². The van der Waals surface area contributed by atoms with Crippen LogP contribution in [0.15, 0.2) is 0 Å². The van der Waals surface area contributed by atoms with Crippen molar-refractivity contribution in [2.45, 2.75) is 84.1 Å². The van der Waals surface area contributed by atoms with E-state index in [0.29, 0.717) is 0 Å². The van der Waals surface area contributed by atoms with E-state index in [4.69, 9.17) is 0 Å². The number of nitrogens with one attached hydrogen (secondary N) is 1. The van der Waals surface area contributed by atoms with Gasteiger partial charge in [0.25, 0.3) is 0 Å². The fraction of sp³-hybridized carbons (Fsp3) is 1.00. The standard InChI is InChI=1S/C17H33N/c1-3-7-14(2)12-15-8-5-4-6-9-16(15)13-18-17-10-11-17/h14-18H,3-13H2,1-2H3. The van der Waals surface area contributed by atoms with Crippen molar-refractivity contribution in [3.8, 4) is 0 Å². The van der Waals surface area contributed by atoms with Gasteiger partial charge in [0.1, 0.15) is 0 Å². The van der Waals surface area contributed by atoms with Gasteiger partial charge in [0.2, 0.25) is 0 Å². The molecule has 0 aromatic carbocycles. The monoisotopic (exact) mass is 251 g/mol. The molecular formula is C17H33N. The van der Waals surface area contributed by atoms with Crippen molar-refractivity contribution in [2.75, 3.05) is 6.54 Å². The summed E-state index contributed by atoms with van der Waals surface area (Å²) in [4.78, 5) is 0. The van der Waals surface area contributed by atoms with E-state index in [9.17, 15) is 0 Å². The maximum absolute atomic E-state index is 3.79. The predicted octanol–water partition coefficient (Wildman–Crippen LogP) is 4.76. The quantitative estimate of drug-likeness (QED) is 0.643. The third-order valence-electron chi connectivity index (χ3n) is 5.05. The van der Waals surface area contributed by atoms with Crippen LogP contribution in [0, 0.1) is 17.8 Å². The minimum Gasteiger partial charge on any atom is -0.314 e. The van der Waals surface area contributed by atoms with Crippen LogP contribution in [-0.4, -0.2) is 12.6 Å². The summed E-state index contributed by atoms with van der Waals surface area (Å²) in [5.41, 5.74) is 0. The second-order valence-electron chi connectivity index (χ2n) is 6.97. The van der Waals surface area contributed by atoms with Gasteiger partial charge in [0.05, 0.1) is 0 Å². The Morgan fingerprint density at radius 1 is 1.00 bits per heavy atom. The van der Waals surface area contributed by atoms with E-state index in [0.717, 1.165) is 23.8 Å². The summed E-state index contributed by atoms with van der Waals surface area (Å²) in [5, 5.41) is 3.79. The largest absolute Gasteiger partial charge is 0.314 e. The van der Waals surface area contributed by atoms with Gasteiger partial charge in [-0.2, -0.15) is 0 Å². The van der Waals surface area contributed by atoms with Crippen LogP contribution in [0.3, 0.4) is 0 Å². The van der Waals surface area contributed by atoms with E-state index in [-0.39, 0.29) is 0 Å². The Morgan fingerprint density at radius 2 is 1.72 bits per heavy atom. The second kappa shape index (κ2) is 7.53. The minimum atomic E-state index is 0.891. The molecule has 3 unspecified atom stereocenters. The van der Waals surface area contributed by atoms with Crippen LogP contribution in [0.1, 0.15) is 78.1 Å². The zero-order valence-electron chi connectivity index (χ0n) is 12.6. The first-order valence-corrected chi connectivity index (χ1v) is 8.53. The molecule has 0 radical (unpaired) electrons. The topological polar surface area (TPSA) is 12.0 Å². The van der Waals surface area contributed by atoms with Gasteiger partial charge in [-0.1, -0.05) is 52.4 Å².